The van der Waals surface area contributed by atoms with Crippen molar-refractivity contribution in [3.63, 3.8) is 0 Å². The SMILES string of the molecule is CCCC[Si](C)(C)OCc1cccc(CCl)c1. The predicted octanol–water partition coefficient (Wildman–Crippen LogP) is 4.95. The lowest BCUT2D eigenvalue weighted by Gasteiger charge is -2.22. The fourth-order valence-corrected chi connectivity index (χ4v) is 3.83. The van der Waals surface area contributed by atoms with Gasteiger partial charge in [-0.2, -0.15) is 0 Å². The summed E-state index contributed by atoms with van der Waals surface area (Å²) >= 11 is 5.83. The molecule has 0 aliphatic rings. The van der Waals surface area contributed by atoms with E-state index in [-0.39, 0.29) is 0 Å². The molecule has 0 saturated heterocycles. The number of hydrogen-bond acceptors (Lipinski definition) is 1. The summed E-state index contributed by atoms with van der Waals surface area (Å²) in [6.45, 7) is 7.56. The minimum absolute atomic E-state index is 0.574. The smallest absolute Gasteiger partial charge is 0.187 e. The number of rotatable bonds is 7. The third-order valence-electron chi connectivity index (χ3n) is 2.91. The first-order chi connectivity index (χ1) is 8.07. The molecule has 0 bridgehead atoms. The van der Waals surface area contributed by atoms with Crippen LogP contribution in [0.2, 0.25) is 19.1 Å². The Hall–Kier alpha value is -0.313. The number of unbranched alkanes of at least 4 members (excludes halogenated alkanes) is 1. The lowest BCUT2D eigenvalue weighted by Crippen LogP contribution is -2.29. The molecule has 17 heavy (non-hydrogen) atoms. The van der Waals surface area contributed by atoms with Gasteiger partial charge < -0.3 is 4.43 Å². The molecule has 3 heteroatoms. The van der Waals surface area contributed by atoms with Gasteiger partial charge in [0.15, 0.2) is 8.32 Å². The van der Waals surface area contributed by atoms with Crippen molar-refractivity contribution in [2.45, 2.75) is 51.4 Å². The first-order valence-corrected chi connectivity index (χ1v) is 10.00. The third kappa shape index (κ3) is 5.71. The Morgan fingerprint density at radius 2 is 1.94 bits per heavy atom. The summed E-state index contributed by atoms with van der Waals surface area (Å²) in [6.07, 6.45) is 2.53. The van der Waals surface area contributed by atoms with E-state index in [1.165, 1.54) is 30.0 Å². The van der Waals surface area contributed by atoms with Crippen molar-refractivity contribution in [3.8, 4) is 0 Å². The molecule has 0 atom stereocenters. The van der Waals surface area contributed by atoms with Crippen LogP contribution in [0.15, 0.2) is 24.3 Å². The van der Waals surface area contributed by atoms with Gasteiger partial charge in [0, 0.05) is 5.88 Å². The van der Waals surface area contributed by atoms with E-state index in [4.69, 9.17) is 16.0 Å². The monoisotopic (exact) mass is 270 g/mol. The fourth-order valence-electron chi connectivity index (χ4n) is 1.76. The minimum Gasteiger partial charge on any atom is -0.413 e. The van der Waals surface area contributed by atoms with E-state index >= 15 is 0 Å². The topological polar surface area (TPSA) is 9.23 Å². The molecular formula is C14H23ClOSi. The largest absolute Gasteiger partial charge is 0.413 e. The highest BCUT2D eigenvalue weighted by Crippen LogP contribution is 2.18. The van der Waals surface area contributed by atoms with Crippen molar-refractivity contribution < 1.29 is 4.43 Å². The Kier molecular flexibility index (Phi) is 6.24. The first-order valence-electron chi connectivity index (χ1n) is 6.35. The van der Waals surface area contributed by atoms with Gasteiger partial charge in [-0.05, 0) is 30.3 Å². The van der Waals surface area contributed by atoms with E-state index in [0.717, 1.165) is 6.61 Å². The Balaban J connectivity index is 2.48. The van der Waals surface area contributed by atoms with Gasteiger partial charge in [0.25, 0.3) is 0 Å². The summed E-state index contributed by atoms with van der Waals surface area (Å²) in [4.78, 5) is 0. The third-order valence-corrected chi connectivity index (χ3v) is 5.70. The molecule has 0 aliphatic heterocycles. The van der Waals surface area contributed by atoms with Gasteiger partial charge in [-0.1, -0.05) is 44.0 Å². The van der Waals surface area contributed by atoms with Crippen molar-refractivity contribution in [1.82, 2.24) is 0 Å². The van der Waals surface area contributed by atoms with Gasteiger partial charge in [0.1, 0.15) is 0 Å². The molecule has 0 radical (unpaired) electrons. The normalized spacial score (nSPS) is 11.8. The lowest BCUT2D eigenvalue weighted by atomic mass is 10.1. The molecule has 1 aromatic rings. The zero-order valence-corrected chi connectivity index (χ0v) is 12.9. The average Bonchev–Trinajstić information content (AvgIpc) is 2.34. The van der Waals surface area contributed by atoms with Crippen LogP contribution < -0.4 is 0 Å². The summed E-state index contributed by atoms with van der Waals surface area (Å²) in [5.41, 5.74) is 2.40. The lowest BCUT2D eigenvalue weighted by molar-refractivity contribution is 0.293. The van der Waals surface area contributed by atoms with Crippen LogP contribution in [-0.2, 0) is 16.9 Å². The fraction of sp³-hybridized carbons (Fsp3) is 0.571. The molecule has 0 unspecified atom stereocenters. The molecule has 0 saturated carbocycles. The van der Waals surface area contributed by atoms with Crippen molar-refractivity contribution in [2.24, 2.45) is 0 Å². The molecule has 1 aromatic carbocycles. The molecule has 1 rings (SSSR count). The van der Waals surface area contributed by atoms with Crippen LogP contribution >= 0.6 is 11.6 Å². The van der Waals surface area contributed by atoms with Gasteiger partial charge in [0.05, 0.1) is 6.61 Å². The van der Waals surface area contributed by atoms with Crippen molar-refractivity contribution in [2.75, 3.05) is 0 Å². The van der Waals surface area contributed by atoms with Crippen molar-refractivity contribution in [1.29, 1.82) is 0 Å². The van der Waals surface area contributed by atoms with Crippen molar-refractivity contribution in [3.05, 3.63) is 35.4 Å². The van der Waals surface area contributed by atoms with Crippen LogP contribution in [0.3, 0.4) is 0 Å². The van der Waals surface area contributed by atoms with Gasteiger partial charge >= 0.3 is 0 Å². The summed E-state index contributed by atoms with van der Waals surface area (Å²) in [6, 6.07) is 9.60. The van der Waals surface area contributed by atoms with Crippen LogP contribution in [-0.4, -0.2) is 8.32 Å². The summed E-state index contributed by atoms with van der Waals surface area (Å²) in [5.74, 6) is 0.574. The van der Waals surface area contributed by atoms with Gasteiger partial charge in [-0.3, -0.25) is 0 Å². The van der Waals surface area contributed by atoms with Gasteiger partial charge in [-0.25, -0.2) is 0 Å². The Morgan fingerprint density at radius 3 is 2.59 bits per heavy atom. The maximum absolute atomic E-state index is 6.11. The van der Waals surface area contributed by atoms with Crippen LogP contribution in [0, 0.1) is 0 Å². The molecule has 0 fully saturated rings. The second-order valence-corrected chi connectivity index (χ2v) is 9.68. The highest BCUT2D eigenvalue weighted by Gasteiger charge is 2.21. The highest BCUT2D eigenvalue weighted by molar-refractivity contribution is 6.71. The van der Waals surface area contributed by atoms with Crippen LogP contribution in [0.25, 0.3) is 0 Å². The molecule has 0 aromatic heterocycles. The summed E-state index contributed by atoms with van der Waals surface area (Å²) < 4.78 is 6.11. The number of alkyl halides is 1. The van der Waals surface area contributed by atoms with Crippen LogP contribution in [0.5, 0.6) is 0 Å². The molecule has 96 valence electrons. The van der Waals surface area contributed by atoms with Gasteiger partial charge in [-0.15, -0.1) is 11.6 Å². The van der Waals surface area contributed by atoms with E-state index in [1.54, 1.807) is 0 Å². The number of benzene rings is 1. The zero-order chi connectivity index (χ0) is 12.7. The maximum atomic E-state index is 6.11. The molecule has 0 N–H and O–H groups in total. The zero-order valence-electron chi connectivity index (χ0n) is 11.1. The van der Waals surface area contributed by atoms with E-state index in [1.807, 2.05) is 0 Å². The molecule has 0 amide bonds. The van der Waals surface area contributed by atoms with E-state index < -0.39 is 8.32 Å². The Morgan fingerprint density at radius 1 is 1.24 bits per heavy atom. The molecular weight excluding hydrogens is 248 g/mol. The minimum atomic E-state index is -1.47. The average molecular weight is 271 g/mol. The maximum Gasteiger partial charge on any atom is 0.187 e. The highest BCUT2D eigenvalue weighted by atomic mass is 35.5. The van der Waals surface area contributed by atoms with Crippen molar-refractivity contribution >= 4 is 19.9 Å². The summed E-state index contributed by atoms with van der Waals surface area (Å²) in [5, 5.41) is 0. The first kappa shape index (κ1) is 14.7. The number of hydrogen-bond donors (Lipinski definition) is 0. The Labute approximate surface area is 111 Å². The molecule has 0 spiro atoms. The Bertz CT molecular complexity index is 339. The standard InChI is InChI=1S/C14H23ClOSi/c1-4-5-9-17(2,3)16-12-14-8-6-7-13(10-14)11-15/h6-8,10H,4-5,9,11-12H2,1-3H3. The van der Waals surface area contributed by atoms with Gasteiger partial charge in [0.2, 0.25) is 0 Å². The quantitative estimate of drug-likeness (QED) is 0.503. The van der Waals surface area contributed by atoms with E-state index in [0.29, 0.717) is 5.88 Å². The summed E-state index contributed by atoms with van der Waals surface area (Å²) in [7, 11) is -1.47. The number of halogens is 1. The van der Waals surface area contributed by atoms with E-state index in [2.05, 4.69) is 44.3 Å². The predicted molar refractivity (Wildman–Crippen MR) is 78.0 cm³/mol. The molecule has 0 aliphatic carbocycles. The second kappa shape index (κ2) is 7.19. The molecule has 0 heterocycles. The second-order valence-electron chi connectivity index (χ2n) is 5.11. The van der Waals surface area contributed by atoms with Crippen LogP contribution in [0.1, 0.15) is 30.9 Å². The van der Waals surface area contributed by atoms with Crippen LogP contribution in [0.4, 0.5) is 0 Å². The van der Waals surface area contributed by atoms with E-state index in [9.17, 15) is 0 Å². The molecule has 1 nitrogen and oxygen atoms in total.